The molecule has 14 heavy (non-hydrogen) atoms. The van der Waals surface area contributed by atoms with Gasteiger partial charge in [-0.25, -0.2) is 0 Å². The van der Waals surface area contributed by atoms with Crippen molar-refractivity contribution in [2.24, 2.45) is 5.73 Å². The third-order valence-corrected chi connectivity index (χ3v) is 4.59. The molecule has 3 atom stereocenters. The Morgan fingerprint density at radius 3 is 2.86 bits per heavy atom. The molecule has 1 aliphatic heterocycles. The summed E-state index contributed by atoms with van der Waals surface area (Å²) in [5.41, 5.74) is 6.01. The molecular weight excluding hydrogens is 196 g/mol. The predicted molar refractivity (Wildman–Crippen MR) is 62.8 cm³/mol. The number of thioether (sulfide) groups is 1. The first-order valence-electron chi connectivity index (χ1n) is 5.24. The Labute approximate surface area is 91.1 Å². The second kappa shape index (κ2) is 5.35. The van der Waals surface area contributed by atoms with Crippen LogP contribution in [0.25, 0.3) is 0 Å². The van der Waals surface area contributed by atoms with E-state index in [1.165, 1.54) is 12.2 Å². The molecule has 4 heteroatoms. The molecule has 3 nitrogen and oxygen atoms in total. The van der Waals surface area contributed by atoms with Crippen molar-refractivity contribution >= 4 is 11.8 Å². The largest absolute Gasteiger partial charge is 0.380 e. The van der Waals surface area contributed by atoms with E-state index in [1.807, 2.05) is 11.8 Å². The zero-order valence-corrected chi connectivity index (χ0v) is 10.2. The van der Waals surface area contributed by atoms with Crippen molar-refractivity contribution in [3.05, 3.63) is 0 Å². The molecule has 0 saturated carbocycles. The van der Waals surface area contributed by atoms with E-state index in [1.54, 1.807) is 7.11 Å². The highest BCUT2D eigenvalue weighted by atomic mass is 32.2. The molecule has 3 N–H and O–H groups in total. The summed E-state index contributed by atoms with van der Waals surface area (Å²) in [6.45, 7) is 5.94. The van der Waals surface area contributed by atoms with Crippen LogP contribution in [-0.2, 0) is 4.74 Å². The minimum atomic E-state index is 0.136. The van der Waals surface area contributed by atoms with Gasteiger partial charge in [0, 0.05) is 31.0 Å². The number of hydrogen-bond donors (Lipinski definition) is 2. The lowest BCUT2D eigenvalue weighted by Gasteiger charge is -2.34. The number of nitrogens with two attached hydrogens (primary N) is 1. The van der Waals surface area contributed by atoms with Crippen LogP contribution in [0.5, 0.6) is 0 Å². The van der Waals surface area contributed by atoms with Gasteiger partial charge in [0.1, 0.15) is 0 Å². The van der Waals surface area contributed by atoms with Crippen molar-refractivity contribution in [1.82, 2.24) is 5.32 Å². The number of rotatable bonds is 5. The molecule has 0 aliphatic carbocycles. The van der Waals surface area contributed by atoms with Crippen LogP contribution in [0, 0.1) is 0 Å². The van der Waals surface area contributed by atoms with Crippen LogP contribution < -0.4 is 11.1 Å². The Morgan fingerprint density at radius 1 is 1.71 bits per heavy atom. The van der Waals surface area contributed by atoms with Gasteiger partial charge in [-0.2, -0.15) is 11.8 Å². The van der Waals surface area contributed by atoms with E-state index >= 15 is 0 Å². The molecular formula is C10H22N2OS. The molecule has 1 saturated heterocycles. The maximum absolute atomic E-state index is 5.87. The Bertz CT molecular complexity index is 180. The highest BCUT2D eigenvalue weighted by molar-refractivity contribution is 8.00. The average Bonchev–Trinajstić information content (AvgIpc) is 2.57. The maximum Gasteiger partial charge on any atom is 0.0667 e. The SMILES string of the molecule is COC(C)CNC1(CN)CCSC1C. The van der Waals surface area contributed by atoms with Crippen LogP contribution in [0.1, 0.15) is 20.3 Å². The van der Waals surface area contributed by atoms with Crippen LogP contribution in [0.2, 0.25) is 0 Å². The Balaban J connectivity index is 2.45. The van der Waals surface area contributed by atoms with E-state index in [-0.39, 0.29) is 11.6 Å². The lowest BCUT2D eigenvalue weighted by atomic mass is 9.92. The third-order valence-electron chi connectivity index (χ3n) is 3.20. The fourth-order valence-electron chi connectivity index (χ4n) is 1.78. The molecule has 0 amide bonds. The first-order chi connectivity index (χ1) is 6.64. The molecule has 84 valence electrons. The van der Waals surface area contributed by atoms with Crippen molar-refractivity contribution in [2.75, 3.05) is 26.0 Å². The van der Waals surface area contributed by atoms with Gasteiger partial charge in [0.2, 0.25) is 0 Å². The molecule has 1 heterocycles. The molecule has 0 spiro atoms. The third kappa shape index (κ3) is 2.63. The number of ether oxygens (including phenoxy) is 1. The lowest BCUT2D eigenvalue weighted by molar-refractivity contribution is 0.107. The van der Waals surface area contributed by atoms with Gasteiger partial charge >= 0.3 is 0 Å². The van der Waals surface area contributed by atoms with E-state index in [0.29, 0.717) is 5.25 Å². The summed E-state index contributed by atoms with van der Waals surface area (Å²) in [6, 6.07) is 0. The quantitative estimate of drug-likeness (QED) is 0.718. The van der Waals surface area contributed by atoms with Crippen molar-refractivity contribution in [3.8, 4) is 0 Å². The first kappa shape index (κ1) is 12.3. The average molecular weight is 218 g/mol. The first-order valence-corrected chi connectivity index (χ1v) is 6.29. The predicted octanol–water partition coefficient (Wildman–Crippen LogP) is 0.834. The van der Waals surface area contributed by atoms with Gasteiger partial charge in [-0.15, -0.1) is 0 Å². The summed E-state index contributed by atoms with van der Waals surface area (Å²) in [4.78, 5) is 0. The maximum atomic E-state index is 5.87. The van der Waals surface area contributed by atoms with Crippen molar-refractivity contribution < 1.29 is 4.74 Å². The number of methoxy groups -OCH3 is 1. The van der Waals surface area contributed by atoms with Gasteiger partial charge in [0.25, 0.3) is 0 Å². The van der Waals surface area contributed by atoms with Crippen molar-refractivity contribution in [1.29, 1.82) is 0 Å². The summed E-state index contributed by atoms with van der Waals surface area (Å²) in [5.74, 6) is 1.22. The Hall–Kier alpha value is 0.230. The standard InChI is InChI=1S/C10H22N2OS/c1-8(13-3)6-12-10(7-11)4-5-14-9(10)2/h8-9,12H,4-7,11H2,1-3H3. The zero-order valence-electron chi connectivity index (χ0n) is 9.38. The van der Waals surface area contributed by atoms with E-state index in [4.69, 9.17) is 10.5 Å². The summed E-state index contributed by atoms with van der Waals surface area (Å²) in [6.07, 6.45) is 1.43. The molecule has 0 radical (unpaired) electrons. The molecule has 0 bridgehead atoms. The van der Waals surface area contributed by atoms with Crippen LogP contribution in [0.4, 0.5) is 0 Å². The molecule has 0 aromatic carbocycles. The minimum absolute atomic E-state index is 0.136. The topological polar surface area (TPSA) is 47.3 Å². The highest BCUT2D eigenvalue weighted by Gasteiger charge is 2.39. The normalized spacial score (nSPS) is 34.7. The van der Waals surface area contributed by atoms with Crippen molar-refractivity contribution in [2.45, 2.75) is 37.2 Å². The monoisotopic (exact) mass is 218 g/mol. The van der Waals surface area contributed by atoms with Crippen LogP contribution >= 0.6 is 11.8 Å². The Morgan fingerprint density at radius 2 is 2.43 bits per heavy atom. The fourth-order valence-corrected chi connectivity index (χ4v) is 3.24. The minimum Gasteiger partial charge on any atom is -0.380 e. The van der Waals surface area contributed by atoms with Gasteiger partial charge in [-0.05, 0) is 19.1 Å². The highest BCUT2D eigenvalue weighted by Crippen LogP contribution is 2.34. The summed E-state index contributed by atoms with van der Waals surface area (Å²) in [5, 5.41) is 4.18. The van der Waals surface area contributed by atoms with E-state index < -0.39 is 0 Å². The van der Waals surface area contributed by atoms with Crippen molar-refractivity contribution in [3.63, 3.8) is 0 Å². The van der Waals surface area contributed by atoms with Gasteiger partial charge in [0.15, 0.2) is 0 Å². The van der Waals surface area contributed by atoms with Crippen LogP contribution in [-0.4, -0.2) is 42.8 Å². The van der Waals surface area contributed by atoms with E-state index in [9.17, 15) is 0 Å². The number of hydrogen-bond acceptors (Lipinski definition) is 4. The van der Waals surface area contributed by atoms with E-state index in [2.05, 4.69) is 19.2 Å². The molecule has 1 aliphatic rings. The van der Waals surface area contributed by atoms with Gasteiger partial charge in [0.05, 0.1) is 6.10 Å². The second-order valence-electron chi connectivity index (χ2n) is 4.05. The summed E-state index contributed by atoms with van der Waals surface area (Å²) < 4.78 is 5.22. The number of nitrogens with one attached hydrogen (secondary N) is 1. The van der Waals surface area contributed by atoms with E-state index in [0.717, 1.165) is 13.1 Å². The molecule has 3 unspecified atom stereocenters. The molecule has 0 aromatic heterocycles. The smallest absolute Gasteiger partial charge is 0.0667 e. The summed E-state index contributed by atoms with van der Waals surface area (Å²) in [7, 11) is 1.74. The molecule has 1 fully saturated rings. The zero-order chi connectivity index (χ0) is 10.6. The second-order valence-corrected chi connectivity index (χ2v) is 5.50. The molecule has 0 aromatic rings. The molecule has 1 rings (SSSR count). The lowest BCUT2D eigenvalue weighted by Crippen LogP contribution is -2.56. The Kier molecular flexibility index (Phi) is 4.70. The van der Waals surface area contributed by atoms with Gasteiger partial charge in [-0.3, -0.25) is 0 Å². The van der Waals surface area contributed by atoms with Crippen LogP contribution in [0.15, 0.2) is 0 Å². The summed E-state index contributed by atoms with van der Waals surface area (Å²) >= 11 is 2.00. The van der Waals surface area contributed by atoms with Gasteiger partial charge in [-0.1, -0.05) is 6.92 Å². The van der Waals surface area contributed by atoms with Gasteiger partial charge < -0.3 is 15.8 Å². The fraction of sp³-hybridized carbons (Fsp3) is 1.00. The van der Waals surface area contributed by atoms with Crippen LogP contribution in [0.3, 0.4) is 0 Å².